The van der Waals surface area contributed by atoms with Crippen LogP contribution in [0.15, 0.2) is 10.5 Å². The maximum Gasteiger partial charge on any atom is 0.120 e. The van der Waals surface area contributed by atoms with Crippen LogP contribution in [0, 0.1) is 18.8 Å². The zero-order valence-corrected chi connectivity index (χ0v) is 14.1. The molecule has 1 N–H and O–H groups in total. The van der Waals surface area contributed by atoms with Crippen LogP contribution in [-0.4, -0.2) is 24.5 Å². The van der Waals surface area contributed by atoms with Crippen LogP contribution in [0.1, 0.15) is 51.7 Å². The molecule has 0 atom stereocenters. The van der Waals surface area contributed by atoms with Gasteiger partial charge in [-0.1, -0.05) is 34.6 Å². The van der Waals surface area contributed by atoms with Crippen LogP contribution in [0.2, 0.25) is 0 Å². The Hall–Kier alpha value is -0.800. The molecule has 20 heavy (non-hydrogen) atoms. The topological polar surface area (TPSA) is 28.4 Å². The van der Waals surface area contributed by atoms with Crippen molar-refractivity contribution in [3.05, 3.63) is 23.2 Å². The first-order chi connectivity index (χ1) is 9.42. The van der Waals surface area contributed by atoms with Crippen LogP contribution in [0.5, 0.6) is 0 Å². The highest BCUT2D eigenvalue weighted by atomic mass is 16.3. The van der Waals surface area contributed by atoms with Gasteiger partial charge in [-0.25, -0.2) is 0 Å². The lowest BCUT2D eigenvalue weighted by Gasteiger charge is -2.25. The molecule has 1 aromatic rings. The third-order valence-corrected chi connectivity index (χ3v) is 3.23. The first-order valence-electron chi connectivity index (χ1n) is 7.93. The molecule has 0 aromatic carbocycles. The SMILES string of the molecule is CCNCc1oc(CN(CC(C)C)CC(C)C)cc1C. The van der Waals surface area contributed by atoms with Crippen molar-refractivity contribution in [3.63, 3.8) is 0 Å². The van der Waals surface area contributed by atoms with Gasteiger partial charge in [0.15, 0.2) is 0 Å². The van der Waals surface area contributed by atoms with Crippen LogP contribution in [0.3, 0.4) is 0 Å². The third-order valence-electron chi connectivity index (χ3n) is 3.23. The quantitative estimate of drug-likeness (QED) is 0.745. The first-order valence-corrected chi connectivity index (χ1v) is 7.93. The number of rotatable bonds is 9. The summed E-state index contributed by atoms with van der Waals surface area (Å²) in [5.41, 5.74) is 1.26. The predicted molar refractivity (Wildman–Crippen MR) is 85.8 cm³/mol. The highest BCUT2D eigenvalue weighted by Gasteiger charge is 2.14. The van der Waals surface area contributed by atoms with E-state index in [0.29, 0.717) is 11.8 Å². The monoisotopic (exact) mass is 280 g/mol. The highest BCUT2D eigenvalue weighted by Crippen LogP contribution is 2.17. The van der Waals surface area contributed by atoms with E-state index in [0.717, 1.165) is 44.2 Å². The van der Waals surface area contributed by atoms with Gasteiger partial charge in [-0.2, -0.15) is 0 Å². The molecule has 116 valence electrons. The van der Waals surface area contributed by atoms with Gasteiger partial charge in [-0.15, -0.1) is 0 Å². The van der Waals surface area contributed by atoms with Crippen molar-refractivity contribution in [2.24, 2.45) is 11.8 Å². The minimum Gasteiger partial charge on any atom is -0.463 e. The van der Waals surface area contributed by atoms with Gasteiger partial charge < -0.3 is 9.73 Å². The summed E-state index contributed by atoms with van der Waals surface area (Å²) in [6, 6.07) is 2.19. The van der Waals surface area contributed by atoms with Gasteiger partial charge in [-0.3, -0.25) is 4.90 Å². The van der Waals surface area contributed by atoms with Crippen molar-refractivity contribution in [2.45, 2.75) is 54.6 Å². The lowest BCUT2D eigenvalue weighted by molar-refractivity contribution is 0.195. The Morgan fingerprint density at radius 3 is 2.25 bits per heavy atom. The molecule has 0 aliphatic carbocycles. The Labute approximate surface area is 124 Å². The Morgan fingerprint density at radius 2 is 1.75 bits per heavy atom. The number of aryl methyl sites for hydroxylation is 1. The molecule has 0 saturated heterocycles. The summed E-state index contributed by atoms with van der Waals surface area (Å²) in [5.74, 6) is 3.55. The molecule has 0 aliphatic heterocycles. The van der Waals surface area contributed by atoms with E-state index in [1.54, 1.807) is 0 Å². The summed E-state index contributed by atoms with van der Waals surface area (Å²) in [6.07, 6.45) is 0. The molecule has 0 spiro atoms. The highest BCUT2D eigenvalue weighted by molar-refractivity contribution is 5.20. The number of nitrogens with zero attached hydrogens (tertiary/aromatic N) is 1. The van der Waals surface area contributed by atoms with Crippen molar-refractivity contribution >= 4 is 0 Å². The Balaban J connectivity index is 2.67. The number of nitrogens with one attached hydrogen (secondary N) is 1. The number of furan rings is 1. The average Bonchev–Trinajstić information content (AvgIpc) is 2.65. The standard InChI is InChI=1S/C17H32N2O/c1-7-18-9-17-15(6)8-16(20-17)12-19(10-13(2)3)11-14(4)5/h8,13-14,18H,7,9-12H2,1-6H3. The first kappa shape index (κ1) is 17.3. The summed E-state index contributed by atoms with van der Waals surface area (Å²) in [6.45, 7) is 18.3. The number of hydrogen-bond acceptors (Lipinski definition) is 3. The van der Waals surface area contributed by atoms with E-state index < -0.39 is 0 Å². The molecule has 0 unspecified atom stereocenters. The largest absolute Gasteiger partial charge is 0.463 e. The van der Waals surface area contributed by atoms with Crippen molar-refractivity contribution < 1.29 is 4.42 Å². The summed E-state index contributed by atoms with van der Waals surface area (Å²) in [7, 11) is 0. The molecule has 0 aliphatic rings. The molecule has 1 rings (SSSR count). The summed E-state index contributed by atoms with van der Waals surface area (Å²) in [5, 5.41) is 3.33. The van der Waals surface area contributed by atoms with Gasteiger partial charge in [-0.05, 0) is 36.9 Å². The second kappa shape index (κ2) is 8.48. The second-order valence-electron chi connectivity index (χ2n) is 6.58. The molecule has 3 nitrogen and oxygen atoms in total. The third kappa shape index (κ3) is 6.10. The van der Waals surface area contributed by atoms with Gasteiger partial charge in [0, 0.05) is 13.1 Å². The van der Waals surface area contributed by atoms with Crippen molar-refractivity contribution in [3.8, 4) is 0 Å². The molecule has 0 amide bonds. The molecule has 0 bridgehead atoms. The fourth-order valence-electron chi connectivity index (χ4n) is 2.54. The van der Waals surface area contributed by atoms with Gasteiger partial charge in [0.25, 0.3) is 0 Å². The minimum absolute atomic E-state index is 0.686. The fraction of sp³-hybridized carbons (Fsp3) is 0.765. The van der Waals surface area contributed by atoms with Gasteiger partial charge >= 0.3 is 0 Å². The Bertz CT molecular complexity index is 372. The number of hydrogen-bond donors (Lipinski definition) is 1. The molecule has 1 aromatic heterocycles. The summed E-state index contributed by atoms with van der Waals surface area (Å²) >= 11 is 0. The van der Waals surface area contributed by atoms with E-state index >= 15 is 0 Å². The van der Waals surface area contributed by atoms with Gasteiger partial charge in [0.1, 0.15) is 11.5 Å². The molecule has 0 fully saturated rings. The van der Waals surface area contributed by atoms with Crippen LogP contribution in [0.4, 0.5) is 0 Å². The smallest absolute Gasteiger partial charge is 0.120 e. The van der Waals surface area contributed by atoms with E-state index in [2.05, 4.69) is 57.8 Å². The Kier molecular flexibility index (Phi) is 7.31. The maximum atomic E-state index is 6.01. The van der Waals surface area contributed by atoms with Crippen LogP contribution >= 0.6 is 0 Å². The molecule has 3 heteroatoms. The van der Waals surface area contributed by atoms with Gasteiger partial charge in [0.05, 0.1) is 13.1 Å². The molecule has 1 heterocycles. The molecule has 0 radical (unpaired) electrons. The normalized spacial score (nSPS) is 12.1. The average molecular weight is 280 g/mol. The maximum absolute atomic E-state index is 6.01. The predicted octanol–water partition coefficient (Wildman–Crippen LogP) is 3.81. The zero-order chi connectivity index (χ0) is 15.1. The summed E-state index contributed by atoms with van der Waals surface area (Å²) < 4.78 is 6.01. The molecular weight excluding hydrogens is 248 g/mol. The second-order valence-corrected chi connectivity index (χ2v) is 6.58. The van der Waals surface area contributed by atoms with E-state index in [9.17, 15) is 0 Å². The van der Waals surface area contributed by atoms with E-state index in [1.165, 1.54) is 5.56 Å². The molecule has 0 saturated carbocycles. The molecular formula is C17H32N2O. The zero-order valence-electron chi connectivity index (χ0n) is 14.1. The summed E-state index contributed by atoms with van der Waals surface area (Å²) in [4.78, 5) is 2.50. The van der Waals surface area contributed by atoms with Crippen molar-refractivity contribution in [1.82, 2.24) is 10.2 Å². The van der Waals surface area contributed by atoms with Crippen molar-refractivity contribution in [1.29, 1.82) is 0 Å². The van der Waals surface area contributed by atoms with E-state index in [4.69, 9.17) is 4.42 Å². The van der Waals surface area contributed by atoms with E-state index in [1.807, 2.05) is 0 Å². The lowest BCUT2D eigenvalue weighted by atomic mass is 10.1. The fourth-order valence-corrected chi connectivity index (χ4v) is 2.54. The minimum atomic E-state index is 0.686. The van der Waals surface area contributed by atoms with E-state index in [-0.39, 0.29) is 0 Å². The lowest BCUT2D eigenvalue weighted by Crippen LogP contribution is -2.30. The Morgan fingerprint density at radius 1 is 1.15 bits per heavy atom. The van der Waals surface area contributed by atoms with Crippen molar-refractivity contribution in [2.75, 3.05) is 19.6 Å². The van der Waals surface area contributed by atoms with Crippen LogP contribution in [0.25, 0.3) is 0 Å². The van der Waals surface area contributed by atoms with Crippen LogP contribution < -0.4 is 5.32 Å². The van der Waals surface area contributed by atoms with Gasteiger partial charge in [0.2, 0.25) is 0 Å². The van der Waals surface area contributed by atoms with Crippen LogP contribution in [-0.2, 0) is 13.1 Å².